The zero-order chi connectivity index (χ0) is 15.4. The molecule has 4 nitrogen and oxygen atoms in total. The number of aromatic nitrogens is 1. The van der Waals surface area contributed by atoms with E-state index in [0.29, 0.717) is 17.0 Å². The largest absolute Gasteiger partial charge is 0.497 e. The van der Waals surface area contributed by atoms with Crippen molar-refractivity contribution >= 4 is 0 Å². The van der Waals surface area contributed by atoms with Crippen LogP contribution in [0.15, 0.2) is 30.3 Å². The molecule has 21 heavy (non-hydrogen) atoms. The minimum atomic E-state index is -0.712. The van der Waals surface area contributed by atoms with Crippen LogP contribution in [-0.4, -0.2) is 17.2 Å². The Kier molecular flexibility index (Phi) is 4.75. The van der Waals surface area contributed by atoms with E-state index in [0.717, 1.165) is 5.69 Å². The number of ether oxygens (including phenoxy) is 2. The lowest BCUT2D eigenvalue weighted by atomic mass is 10.1. The molecular weight excluding hydrogens is 273 g/mol. The van der Waals surface area contributed by atoms with Crippen LogP contribution in [0, 0.1) is 12.7 Å². The third-order valence-corrected chi connectivity index (χ3v) is 3.03. The van der Waals surface area contributed by atoms with E-state index in [9.17, 15) is 9.50 Å². The lowest BCUT2D eigenvalue weighted by molar-refractivity contribution is 0.198. The van der Waals surface area contributed by atoms with E-state index in [1.165, 1.54) is 12.1 Å². The molecule has 1 atom stereocenters. The van der Waals surface area contributed by atoms with E-state index in [4.69, 9.17) is 9.47 Å². The molecule has 1 aromatic heterocycles. The van der Waals surface area contributed by atoms with Crippen molar-refractivity contribution in [2.75, 3.05) is 7.11 Å². The Morgan fingerprint density at radius 3 is 2.67 bits per heavy atom. The Balaban J connectivity index is 2.11. The number of pyridine rings is 1. The number of aliphatic hydroxyl groups is 1. The van der Waals surface area contributed by atoms with E-state index in [-0.39, 0.29) is 12.4 Å². The van der Waals surface area contributed by atoms with Crippen molar-refractivity contribution < 1.29 is 19.0 Å². The molecule has 0 radical (unpaired) electrons. The van der Waals surface area contributed by atoms with Gasteiger partial charge in [-0.25, -0.2) is 4.39 Å². The van der Waals surface area contributed by atoms with Gasteiger partial charge >= 0.3 is 0 Å². The minimum Gasteiger partial charge on any atom is -0.497 e. The van der Waals surface area contributed by atoms with E-state index in [1.807, 2.05) is 13.0 Å². The van der Waals surface area contributed by atoms with Gasteiger partial charge in [0.1, 0.15) is 12.4 Å². The smallest absolute Gasteiger partial charge is 0.165 e. The first-order valence-corrected chi connectivity index (χ1v) is 6.61. The van der Waals surface area contributed by atoms with Crippen LogP contribution in [-0.2, 0) is 6.61 Å². The first kappa shape index (κ1) is 15.3. The fourth-order valence-corrected chi connectivity index (χ4v) is 1.94. The van der Waals surface area contributed by atoms with Gasteiger partial charge < -0.3 is 14.6 Å². The number of hydrogen-bond donors (Lipinski definition) is 1. The number of aliphatic hydroxyl groups excluding tert-OH is 1. The zero-order valence-corrected chi connectivity index (χ0v) is 12.3. The Bertz CT molecular complexity index is 629. The van der Waals surface area contributed by atoms with Gasteiger partial charge in [0, 0.05) is 17.8 Å². The van der Waals surface area contributed by atoms with Crippen LogP contribution in [0.5, 0.6) is 11.5 Å². The van der Waals surface area contributed by atoms with Gasteiger partial charge in [-0.3, -0.25) is 4.98 Å². The summed E-state index contributed by atoms with van der Waals surface area (Å²) in [5.41, 5.74) is 1.97. The van der Waals surface area contributed by atoms with Gasteiger partial charge in [0.2, 0.25) is 0 Å². The number of benzene rings is 1. The molecule has 0 aliphatic carbocycles. The molecule has 0 amide bonds. The van der Waals surface area contributed by atoms with Crippen LogP contribution in [0.25, 0.3) is 0 Å². The molecule has 1 heterocycles. The highest BCUT2D eigenvalue weighted by Crippen LogP contribution is 2.23. The van der Waals surface area contributed by atoms with Crippen molar-refractivity contribution in [3.63, 3.8) is 0 Å². The maximum atomic E-state index is 13.9. The quantitative estimate of drug-likeness (QED) is 0.919. The van der Waals surface area contributed by atoms with Crippen molar-refractivity contribution in [2.45, 2.75) is 26.6 Å². The minimum absolute atomic E-state index is 0.127. The van der Waals surface area contributed by atoms with Crippen LogP contribution in [0.3, 0.4) is 0 Å². The van der Waals surface area contributed by atoms with Crippen molar-refractivity contribution in [1.29, 1.82) is 0 Å². The summed E-state index contributed by atoms with van der Waals surface area (Å²) in [5, 5.41) is 9.40. The number of nitrogens with zero attached hydrogens (tertiary/aromatic N) is 1. The highest BCUT2D eigenvalue weighted by molar-refractivity contribution is 5.31. The fraction of sp³-hybridized carbons (Fsp3) is 0.312. The third kappa shape index (κ3) is 3.92. The van der Waals surface area contributed by atoms with Crippen LogP contribution in [0.1, 0.15) is 30.0 Å². The molecule has 0 saturated carbocycles. The molecule has 1 N–H and O–H groups in total. The van der Waals surface area contributed by atoms with Crippen molar-refractivity contribution in [3.8, 4) is 11.5 Å². The maximum Gasteiger partial charge on any atom is 0.165 e. The summed E-state index contributed by atoms with van der Waals surface area (Å²) in [7, 11) is 1.58. The SMILES string of the molecule is COc1cc(C)nc(COc2ccc([C@@H](C)O)cc2F)c1. The molecule has 1 aromatic carbocycles. The second-order valence-electron chi connectivity index (χ2n) is 4.79. The summed E-state index contributed by atoms with van der Waals surface area (Å²) >= 11 is 0. The highest BCUT2D eigenvalue weighted by Gasteiger charge is 2.09. The fourth-order valence-electron chi connectivity index (χ4n) is 1.94. The van der Waals surface area contributed by atoms with E-state index >= 15 is 0 Å². The lowest BCUT2D eigenvalue weighted by Crippen LogP contribution is -2.02. The molecular formula is C16H18FNO3. The van der Waals surface area contributed by atoms with E-state index < -0.39 is 11.9 Å². The summed E-state index contributed by atoms with van der Waals surface area (Å²) in [5.74, 6) is 0.306. The van der Waals surface area contributed by atoms with Gasteiger partial charge in [-0.15, -0.1) is 0 Å². The topological polar surface area (TPSA) is 51.6 Å². The van der Waals surface area contributed by atoms with Crippen LogP contribution in [0.4, 0.5) is 4.39 Å². The Hall–Kier alpha value is -2.14. The number of halogens is 1. The number of methoxy groups -OCH3 is 1. The van der Waals surface area contributed by atoms with Gasteiger partial charge in [-0.05, 0) is 31.5 Å². The van der Waals surface area contributed by atoms with E-state index in [1.54, 1.807) is 26.2 Å². The average molecular weight is 291 g/mol. The molecule has 0 fully saturated rings. The number of aryl methyl sites for hydroxylation is 1. The summed E-state index contributed by atoms with van der Waals surface area (Å²) in [6.45, 7) is 3.57. The first-order chi connectivity index (χ1) is 9.99. The summed E-state index contributed by atoms with van der Waals surface area (Å²) in [6, 6.07) is 7.96. The lowest BCUT2D eigenvalue weighted by Gasteiger charge is -2.11. The van der Waals surface area contributed by atoms with Crippen molar-refractivity contribution in [3.05, 3.63) is 53.1 Å². The van der Waals surface area contributed by atoms with Gasteiger partial charge in [-0.1, -0.05) is 6.07 Å². The predicted molar refractivity (Wildman–Crippen MR) is 76.9 cm³/mol. The molecule has 112 valence electrons. The van der Waals surface area contributed by atoms with Gasteiger partial charge in [0.05, 0.1) is 18.9 Å². The predicted octanol–water partition coefficient (Wildman–Crippen LogP) is 3.17. The summed E-state index contributed by atoms with van der Waals surface area (Å²) < 4.78 is 24.5. The third-order valence-electron chi connectivity index (χ3n) is 3.03. The van der Waals surface area contributed by atoms with Crippen LogP contribution < -0.4 is 9.47 Å². The summed E-state index contributed by atoms with van der Waals surface area (Å²) in [6.07, 6.45) is -0.712. The molecule has 0 aliphatic heterocycles. The van der Waals surface area contributed by atoms with Crippen molar-refractivity contribution in [1.82, 2.24) is 4.98 Å². The molecule has 5 heteroatoms. The normalized spacial score (nSPS) is 12.0. The molecule has 2 aromatic rings. The van der Waals surface area contributed by atoms with Gasteiger partial charge in [0.15, 0.2) is 11.6 Å². The first-order valence-electron chi connectivity index (χ1n) is 6.61. The highest BCUT2D eigenvalue weighted by atomic mass is 19.1. The Morgan fingerprint density at radius 2 is 2.05 bits per heavy atom. The van der Waals surface area contributed by atoms with E-state index in [2.05, 4.69) is 4.98 Å². The summed E-state index contributed by atoms with van der Waals surface area (Å²) in [4.78, 5) is 4.30. The molecule has 0 saturated heterocycles. The Labute approximate surface area is 123 Å². The average Bonchev–Trinajstić information content (AvgIpc) is 2.45. The molecule has 0 spiro atoms. The maximum absolute atomic E-state index is 13.9. The monoisotopic (exact) mass is 291 g/mol. The second-order valence-corrected chi connectivity index (χ2v) is 4.79. The van der Waals surface area contributed by atoms with Gasteiger partial charge in [-0.2, -0.15) is 0 Å². The standard InChI is InChI=1S/C16H18FNO3/c1-10-6-14(20-3)8-13(18-10)9-21-16-5-4-12(11(2)19)7-15(16)17/h4-8,11,19H,9H2,1-3H3/t11-/m1/s1. The van der Waals surface area contributed by atoms with Gasteiger partial charge in [0.25, 0.3) is 0 Å². The molecule has 0 unspecified atom stereocenters. The van der Waals surface area contributed by atoms with Crippen LogP contribution >= 0.6 is 0 Å². The number of hydrogen-bond acceptors (Lipinski definition) is 4. The molecule has 0 aliphatic rings. The number of rotatable bonds is 5. The Morgan fingerprint density at radius 1 is 1.29 bits per heavy atom. The van der Waals surface area contributed by atoms with Crippen LogP contribution in [0.2, 0.25) is 0 Å². The van der Waals surface area contributed by atoms with Crippen molar-refractivity contribution in [2.24, 2.45) is 0 Å². The zero-order valence-electron chi connectivity index (χ0n) is 12.3. The second kappa shape index (κ2) is 6.54. The molecule has 2 rings (SSSR count). The molecule has 0 bridgehead atoms.